The molecule has 0 atom stereocenters. The van der Waals surface area contributed by atoms with Crippen LogP contribution in [0.2, 0.25) is 0 Å². The number of alkyl halides is 2. The van der Waals surface area contributed by atoms with E-state index in [1.807, 2.05) is 0 Å². The number of rotatable bonds is 7. The zero-order valence-electron chi connectivity index (χ0n) is 17.5. The zero-order chi connectivity index (χ0) is 23.6. The molecule has 3 rings (SSSR count). The number of carbonyl (C=O) groups excluding carboxylic acids is 2. The standard InChI is InChI=1S/C22H20F2N2O5S/c1-4-31-22(28)19-14(3)17(20(27)15-7-10-18(21(23)24)25-11-15)12-26(19)32(29,30)16-8-5-13(2)6-9-16/h5-12,21H,4H2,1-3H3. The van der Waals surface area contributed by atoms with E-state index in [2.05, 4.69) is 4.98 Å². The van der Waals surface area contributed by atoms with Crippen LogP contribution in [-0.4, -0.2) is 35.7 Å². The summed E-state index contributed by atoms with van der Waals surface area (Å²) in [5.74, 6) is -1.58. The normalized spacial score (nSPS) is 11.6. The summed E-state index contributed by atoms with van der Waals surface area (Å²) >= 11 is 0. The van der Waals surface area contributed by atoms with Crippen LogP contribution >= 0.6 is 0 Å². The number of aromatic nitrogens is 2. The van der Waals surface area contributed by atoms with Crippen molar-refractivity contribution in [3.8, 4) is 0 Å². The molecule has 7 nitrogen and oxygen atoms in total. The largest absolute Gasteiger partial charge is 0.461 e. The van der Waals surface area contributed by atoms with E-state index in [-0.39, 0.29) is 33.9 Å². The Kier molecular flexibility index (Phi) is 6.54. The van der Waals surface area contributed by atoms with Gasteiger partial charge < -0.3 is 4.74 Å². The number of hydrogen-bond acceptors (Lipinski definition) is 6. The van der Waals surface area contributed by atoms with Crippen LogP contribution in [0.5, 0.6) is 0 Å². The second-order valence-electron chi connectivity index (χ2n) is 6.95. The van der Waals surface area contributed by atoms with Crippen molar-refractivity contribution in [3.63, 3.8) is 0 Å². The molecule has 0 saturated carbocycles. The number of benzene rings is 1. The van der Waals surface area contributed by atoms with Crippen LogP contribution in [0.15, 0.2) is 53.7 Å². The van der Waals surface area contributed by atoms with Crippen molar-refractivity contribution in [3.05, 3.63) is 82.4 Å². The maximum absolute atomic E-state index is 13.3. The summed E-state index contributed by atoms with van der Waals surface area (Å²) in [4.78, 5) is 29.1. The summed E-state index contributed by atoms with van der Waals surface area (Å²) < 4.78 is 57.8. The Balaban J connectivity index is 2.16. The highest BCUT2D eigenvalue weighted by molar-refractivity contribution is 7.90. The first-order valence-electron chi connectivity index (χ1n) is 9.58. The highest BCUT2D eigenvalue weighted by Gasteiger charge is 2.31. The van der Waals surface area contributed by atoms with Gasteiger partial charge in [0.1, 0.15) is 11.4 Å². The Labute approximate surface area is 183 Å². The van der Waals surface area contributed by atoms with Gasteiger partial charge in [-0.3, -0.25) is 9.78 Å². The van der Waals surface area contributed by atoms with Gasteiger partial charge in [-0.05, 0) is 50.6 Å². The summed E-state index contributed by atoms with van der Waals surface area (Å²) in [6.45, 7) is 4.78. The zero-order valence-corrected chi connectivity index (χ0v) is 18.3. The van der Waals surface area contributed by atoms with Crippen LogP contribution in [-0.2, 0) is 14.8 Å². The summed E-state index contributed by atoms with van der Waals surface area (Å²) in [7, 11) is -4.24. The average Bonchev–Trinajstić information content (AvgIpc) is 3.11. The number of esters is 1. The molecule has 0 aliphatic heterocycles. The third-order valence-electron chi connectivity index (χ3n) is 4.79. The molecule has 2 heterocycles. The molecule has 1 aromatic carbocycles. The van der Waals surface area contributed by atoms with Gasteiger partial charge >= 0.3 is 5.97 Å². The predicted molar refractivity (Wildman–Crippen MR) is 112 cm³/mol. The van der Waals surface area contributed by atoms with Crippen molar-refractivity contribution in [2.45, 2.75) is 32.1 Å². The van der Waals surface area contributed by atoms with Crippen LogP contribution in [0.25, 0.3) is 0 Å². The summed E-state index contributed by atoms with van der Waals surface area (Å²) in [5.41, 5.74) is 0.00186. The Hall–Kier alpha value is -3.40. The highest BCUT2D eigenvalue weighted by Crippen LogP contribution is 2.26. The van der Waals surface area contributed by atoms with Gasteiger partial charge in [-0.25, -0.2) is 26.0 Å². The molecule has 0 fully saturated rings. The van der Waals surface area contributed by atoms with Crippen molar-refractivity contribution < 1.29 is 31.5 Å². The number of nitrogens with zero attached hydrogens (tertiary/aromatic N) is 2. The van der Waals surface area contributed by atoms with Gasteiger partial charge in [-0.1, -0.05) is 17.7 Å². The fraction of sp³-hybridized carbons (Fsp3) is 0.227. The minimum atomic E-state index is -4.24. The molecule has 0 amide bonds. The van der Waals surface area contributed by atoms with Crippen LogP contribution in [0, 0.1) is 13.8 Å². The lowest BCUT2D eigenvalue weighted by Gasteiger charge is -2.10. The number of aryl methyl sites for hydroxylation is 1. The second kappa shape index (κ2) is 8.99. The SMILES string of the molecule is CCOC(=O)c1c(C)c(C(=O)c2ccc(C(F)F)nc2)cn1S(=O)(=O)c1ccc(C)cc1. The fourth-order valence-corrected chi connectivity index (χ4v) is 4.48. The highest BCUT2D eigenvalue weighted by atomic mass is 32.2. The molecule has 0 aliphatic rings. The number of ether oxygens (including phenoxy) is 1. The topological polar surface area (TPSA) is 95.3 Å². The molecule has 32 heavy (non-hydrogen) atoms. The molecule has 0 saturated heterocycles. The summed E-state index contributed by atoms with van der Waals surface area (Å²) in [6, 6.07) is 8.18. The number of ketones is 1. The first kappa shape index (κ1) is 23.3. The lowest BCUT2D eigenvalue weighted by molar-refractivity contribution is 0.0517. The third-order valence-corrected chi connectivity index (χ3v) is 6.46. The Bertz CT molecular complexity index is 1260. The van der Waals surface area contributed by atoms with E-state index in [0.29, 0.717) is 0 Å². The minimum Gasteiger partial charge on any atom is -0.461 e. The van der Waals surface area contributed by atoms with Gasteiger partial charge in [-0.15, -0.1) is 0 Å². The Morgan fingerprint density at radius 2 is 1.75 bits per heavy atom. The lowest BCUT2D eigenvalue weighted by Crippen LogP contribution is -2.20. The van der Waals surface area contributed by atoms with Crippen LogP contribution in [0.3, 0.4) is 0 Å². The van der Waals surface area contributed by atoms with Gasteiger partial charge in [0.15, 0.2) is 5.78 Å². The van der Waals surface area contributed by atoms with Crippen LogP contribution < -0.4 is 0 Å². The van der Waals surface area contributed by atoms with Crippen molar-refractivity contribution in [2.24, 2.45) is 0 Å². The molecule has 3 aromatic rings. The van der Waals surface area contributed by atoms with E-state index < -0.39 is 33.9 Å². The van der Waals surface area contributed by atoms with Gasteiger partial charge in [-0.2, -0.15) is 0 Å². The lowest BCUT2D eigenvalue weighted by atomic mass is 10.0. The Morgan fingerprint density at radius 1 is 1.09 bits per heavy atom. The number of halogens is 2. The van der Waals surface area contributed by atoms with Crippen molar-refractivity contribution in [2.75, 3.05) is 6.61 Å². The van der Waals surface area contributed by atoms with E-state index in [9.17, 15) is 26.8 Å². The van der Waals surface area contributed by atoms with Gasteiger partial charge in [0, 0.05) is 23.5 Å². The third kappa shape index (κ3) is 4.31. The maximum Gasteiger partial charge on any atom is 0.356 e. The first-order chi connectivity index (χ1) is 15.1. The van der Waals surface area contributed by atoms with Gasteiger partial charge in [0.25, 0.3) is 16.4 Å². The first-order valence-corrected chi connectivity index (χ1v) is 11.0. The number of hydrogen-bond donors (Lipinski definition) is 0. The molecule has 0 aliphatic carbocycles. The van der Waals surface area contributed by atoms with E-state index in [0.717, 1.165) is 28.0 Å². The van der Waals surface area contributed by atoms with Crippen molar-refractivity contribution >= 4 is 21.8 Å². The van der Waals surface area contributed by atoms with Crippen LogP contribution in [0.1, 0.15) is 56.6 Å². The predicted octanol–water partition coefficient (Wildman–Crippen LogP) is 4.08. The number of carbonyl (C=O) groups is 2. The van der Waals surface area contributed by atoms with E-state index in [1.165, 1.54) is 25.1 Å². The fourth-order valence-electron chi connectivity index (χ4n) is 3.08. The van der Waals surface area contributed by atoms with E-state index in [1.54, 1.807) is 26.0 Å². The van der Waals surface area contributed by atoms with Crippen molar-refractivity contribution in [1.29, 1.82) is 0 Å². The molecule has 10 heteroatoms. The Morgan fingerprint density at radius 3 is 2.28 bits per heavy atom. The quantitative estimate of drug-likeness (QED) is 0.388. The molecule has 0 unspecified atom stereocenters. The smallest absolute Gasteiger partial charge is 0.356 e. The maximum atomic E-state index is 13.3. The minimum absolute atomic E-state index is 0.00365. The number of pyridine rings is 1. The summed E-state index contributed by atoms with van der Waals surface area (Å²) in [6.07, 6.45) is -0.767. The molecular formula is C22H20F2N2O5S. The average molecular weight is 462 g/mol. The van der Waals surface area contributed by atoms with E-state index >= 15 is 0 Å². The second-order valence-corrected chi connectivity index (χ2v) is 8.77. The monoisotopic (exact) mass is 462 g/mol. The van der Waals surface area contributed by atoms with Crippen LogP contribution in [0.4, 0.5) is 8.78 Å². The van der Waals surface area contributed by atoms with Gasteiger partial charge in [0.05, 0.1) is 11.5 Å². The molecule has 168 valence electrons. The van der Waals surface area contributed by atoms with Crippen molar-refractivity contribution in [1.82, 2.24) is 8.96 Å². The van der Waals surface area contributed by atoms with Gasteiger partial charge in [0.2, 0.25) is 0 Å². The molecule has 0 spiro atoms. The van der Waals surface area contributed by atoms with E-state index in [4.69, 9.17) is 4.74 Å². The molecule has 0 bridgehead atoms. The molecule has 0 N–H and O–H groups in total. The molecular weight excluding hydrogens is 442 g/mol. The molecule has 2 aromatic heterocycles. The summed E-state index contributed by atoms with van der Waals surface area (Å²) in [5, 5.41) is 0. The molecule has 0 radical (unpaired) electrons.